The fraction of sp³-hybridized carbons (Fsp3) is 0.0588. The van der Waals surface area contributed by atoms with Crippen molar-refractivity contribution >= 4 is 10.9 Å². The Hall–Kier alpha value is -3.28. The predicted octanol–water partition coefficient (Wildman–Crippen LogP) is 2.49. The van der Waals surface area contributed by atoms with Crippen LogP contribution in [0, 0.1) is 0 Å². The summed E-state index contributed by atoms with van der Waals surface area (Å²) in [6, 6.07) is 15.2. The largest absolute Gasteiger partial charge is 0.437 e. The molecule has 23 heavy (non-hydrogen) atoms. The SMILES string of the molecule is O=c1oc(-c2cccnc2)nn1Cc1ccc2ccccc2n1. The van der Waals surface area contributed by atoms with Gasteiger partial charge in [-0.05, 0) is 24.3 Å². The maximum Gasteiger partial charge on any atom is 0.437 e. The van der Waals surface area contributed by atoms with Crippen LogP contribution in [-0.2, 0) is 6.54 Å². The van der Waals surface area contributed by atoms with E-state index in [2.05, 4.69) is 15.1 Å². The first-order valence-corrected chi connectivity index (χ1v) is 7.13. The number of pyridine rings is 2. The highest BCUT2D eigenvalue weighted by Gasteiger charge is 2.11. The van der Waals surface area contributed by atoms with Gasteiger partial charge in [0.05, 0.1) is 23.3 Å². The molecule has 1 aromatic carbocycles. The van der Waals surface area contributed by atoms with Crippen LogP contribution < -0.4 is 5.76 Å². The highest BCUT2D eigenvalue weighted by molar-refractivity contribution is 5.78. The monoisotopic (exact) mass is 304 g/mol. The van der Waals surface area contributed by atoms with Gasteiger partial charge in [-0.25, -0.2) is 4.79 Å². The van der Waals surface area contributed by atoms with Crippen LogP contribution in [0.25, 0.3) is 22.4 Å². The maximum atomic E-state index is 12.0. The zero-order chi connectivity index (χ0) is 15.6. The fourth-order valence-corrected chi connectivity index (χ4v) is 2.36. The minimum absolute atomic E-state index is 0.254. The predicted molar refractivity (Wildman–Crippen MR) is 84.8 cm³/mol. The Morgan fingerprint density at radius 1 is 1.04 bits per heavy atom. The van der Waals surface area contributed by atoms with Crippen molar-refractivity contribution in [2.45, 2.75) is 6.54 Å². The number of hydrogen-bond donors (Lipinski definition) is 0. The van der Waals surface area contributed by atoms with Crippen molar-refractivity contribution in [3.05, 3.63) is 77.2 Å². The Morgan fingerprint density at radius 2 is 1.96 bits per heavy atom. The zero-order valence-corrected chi connectivity index (χ0v) is 12.1. The number of aromatic nitrogens is 4. The second-order valence-electron chi connectivity index (χ2n) is 5.07. The van der Waals surface area contributed by atoms with Crippen LogP contribution in [0.2, 0.25) is 0 Å². The molecule has 0 spiro atoms. The van der Waals surface area contributed by atoms with Crippen LogP contribution in [0.15, 0.2) is 70.1 Å². The molecule has 4 rings (SSSR count). The summed E-state index contributed by atoms with van der Waals surface area (Å²) in [7, 11) is 0. The van der Waals surface area contributed by atoms with Crippen molar-refractivity contribution in [1.29, 1.82) is 0 Å². The van der Waals surface area contributed by atoms with Crippen LogP contribution in [0.1, 0.15) is 5.69 Å². The van der Waals surface area contributed by atoms with Gasteiger partial charge in [0.25, 0.3) is 5.89 Å². The minimum Gasteiger partial charge on any atom is -0.388 e. The number of para-hydroxylation sites is 1. The van der Waals surface area contributed by atoms with Crippen molar-refractivity contribution in [2.75, 3.05) is 0 Å². The molecule has 0 atom stereocenters. The van der Waals surface area contributed by atoms with Gasteiger partial charge in [-0.3, -0.25) is 9.97 Å². The number of fused-ring (bicyclic) bond motifs is 1. The second-order valence-corrected chi connectivity index (χ2v) is 5.07. The van der Waals surface area contributed by atoms with E-state index in [9.17, 15) is 4.79 Å². The Bertz CT molecular complexity index is 1020. The van der Waals surface area contributed by atoms with Gasteiger partial charge in [-0.15, -0.1) is 5.10 Å². The average Bonchev–Trinajstić information content (AvgIpc) is 2.96. The minimum atomic E-state index is -0.515. The number of rotatable bonds is 3. The van der Waals surface area contributed by atoms with Crippen molar-refractivity contribution in [3.63, 3.8) is 0 Å². The van der Waals surface area contributed by atoms with Gasteiger partial charge < -0.3 is 4.42 Å². The lowest BCUT2D eigenvalue weighted by Gasteiger charge is -2.01. The first kappa shape index (κ1) is 13.4. The first-order valence-electron chi connectivity index (χ1n) is 7.13. The van der Waals surface area contributed by atoms with Gasteiger partial charge in [0.1, 0.15) is 0 Å². The van der Waals surface area contributed by atoms with Crippen molar-refractivity contribution in [1.82, 2.24) is 19.7 Å². The molecule has 0 N–H and O–H groups in total. The van der Waals surface area contributed by atoms with Crippen LogP contribution in [0.3, 0.4) is 0 Å². The highest BCUT2D eigenvalue weighted by Crippen LogP contribution is 2.14. The molecule has 112 valence electrons. The Balaban J connectivity index is 1.68. The van der Waals surface area contributed by atoms with E-state index >= 15 is 0 Å². The average molecular weight is 304 g/mol. The van der Waals surface area contributed by atoms with Gasteiger partial charge in [-0.1, -0.05) is 24.3 Å². The summed E-state index contributed by atoms with van der Waals surface area (Å²) in [5, 5.41) is 5.27. The molecule has 3 aromatic heterocycles. The molecule has 4 aromatic rings. The standard InChI is InChI=1S/C17H12N4O2/c22-17-21(20-16(23-17)13-5-3-9-18-10-13)11-14-8-7-12-4-1-2-6-15(12)19-14/h1-10H,11H2. The quantitative estimate of drug-likeness (QED) is 0.581. The molecule has 0 aliphatic heterocycles. The first-order chi connectivity index (χ1) is 11.3. The Morgan fingerprint density at radius 3 is 2.83 bits per heavy atom. The summed E-state index contributed by atoms with van der Waals surface area (Å²) < 4.78 is 6.45. The van der Waals surface area contributed by atoms with Crippen molar-refractivity contribution in [2.24, 2.45) is 0 Å². The molecule has 0 radical (unpaired) electrons. The molecule has 0 fully saturated rings. The number of hydrogen-bond acceptors (Lipinski definition) is 5. The molecule has 0 amide bonds. The molecule has 6 heteroatoms. The molecule has 0 aliphatic carbocycles. The van der Waals surface area contributed by atoms with Gasteiger partial charge >= 0.3 is 5.76 Å². The summed E-state index contributed by atoms with van der Waals surface area (Å²) >= 11 is 0. The smallest absolute Gasteiger partial charge is 0.388 e. The summed E-state index contributed by atoms with van der Waals surface area (Å²) in [5.41, 5.74) is 2.29. The molecule has 0 aliphatic rings. The van der Waals surface area contributed by atoms with E-state index in [1.807, 2.05) is 36.4 Å². The number of benzene rings is 1. The highest BCUT2D eigenvalue weighted by atomic mass is 16.4. The van der Waals surface area contributed by atoms with E-state index in [1.165, 1.54) is 4.68 Å². The molecule has 6 nitrogen and oxygen atoms in total. The molecule has 0 saturated carbocycles. The van der Waals surface area contributed by atoms with Crippen LogP contribution >= 0.6 is 0 Å². The van der Waals surface area contributed by atoms with Crippen LogP contribution in [0.5, 0.6) is 0 Å². The molecule has 0 unspecified atom stereocenters. The lowest BCUT2D eigenvalue weighted by molar-refractivity contribution is 0.493. The molecular formula is C17H12N4O2. The van der Waals surface area contributed by atoms with E-state index in [0.29, 0.717) is 5.56 Å². The lowest BCUT2D eigenvalue weighted by atomic mass is 10.2. The van der Waals surface area contributed by atoms with E-state index in [0.717, 1.165) is 16.6 Å². The Labute approximate surface area is 131 Å². The van der Waals surface area contributed by atoms with Crippen LogP contribution in [0.4, 0.5) is 0 Å². The third-order valence-electron chi connectivity index (χ3n) is 3.48. The fourth-order valence-electron chi connectivity index (χ4n) is 2.36. The molecule has 0 saturated heterocycles. The van der Waals surface area contributed by atoms with Gasteiger partial charge in [0, 0.05) is 17.8 Å². The zero-order valence-electron chi connectivity index (χ0n) is 12.1. The van der Waals surface area contributed by atoms with Crippen LogP contribution in [-0.4, -0.2) is 19.7 Å². The lowest BCUT2D eigenvalue weighted by Crippen LogP contribution is -2.17. The van der Waals surface area contributed by atoms with E-state index in [1.54, 1.807) is 24.5 Å². The van der Waals surface area contributed by atoms with Gasteiger partial charge in [-0.2, -0.15) is 4.68 Å². The van der Waals surface area contributed by atoms with E-state index in [-0.39, 0.29) is 12.4 Å². The van der Waals surface area contributed by atoms with E-state index < -0.39 is 5.76 Å². The van der Waals surface area contributed by atoms with Gasteiger partial charge in [0.15, 0.2) is 0 Å². The van der Waals surface area contributed by atoms with Crippen molar-refractivity contribution in [3.8, 4) is 11.5 Å². The second kappa shape index (κ2) is 5.49. The molecule has 0 bridgehead atoms. The van der Waals surface area contributed by atoms with Gasteiger partial charge in [0.2, 0.25) is 0 Å². The topological polar surface area (TPSA) is 73.8 Å². The van der Waals surface area contributed by atoms with E-state index in [4.69, 9.17) is 4.42 Å². The Kier molecular flexibility index (Phi) is 3.20. The third-order valence-corrected chi connectivity index (χ3v) is 3.48. The van der Waals surface area contributed by atoms with Crippen molar-refractivity contribution < 1.29 is 4.42 Å². The summed E-state index contributed by atoms with van der Waals surface area (Å²) in [6.45, 7) is 0.257. The summed E-state index contributed by atoms with van der Waals surface area (Å²) in [6.07, 6.45) is 3.25. The maximum absolute atomic E-state index is 12.0. The molecule has 3 heterocycles. The third kappa shape index (κ3) is 2.62. The normalized spacial score (nSPS) is 11.0. The molecular weight excluding hydrogens is 292 g/mol. The summed E-state index contributed by atoms with van der Waals surface area (Å²) in [4.78, 5) is 20.5. The summed E-state index contributed by atoms with van der Waals surface area (Å²) in [5.74, 6) is -0.261. The number of nitrogens with zero attached hydrogens (tertiary/aromatic N) is 4.